The van der Waals surface area contributed by atoms with E-state index in [4.69, 9.17) is 0 Å². The normalized spacial score (nSPS) is 12.8. The molecular weight excluding hydrogens is 270 g/mol. The van der Waals surface area contributed by atoms with E-state index in [2.05, 4.69) is 29.8 Å². The van der Waals surface area contributed by atoms with Crippen molar-refractivity contribution in [2.45, 2.75) is 31.5 Å². The van der Waals surface area contributed by atoms with Gasteiger partial charge in [-0.3, -0.25) is 10.1 Å². The molecule has 0 bridgehead atoms. The smallest absolute Gasteiger partial charge is 0.258 e. The quantitative estimate of drug-likeness (QED) is 0.467. The molecule has 88 valence electrons. The zero-order valence-electron chi connectivity index (χ0n) is 9.52. The Labute approximate surface area is 104 Å². The van der Waals surface area contributed by atoms with Gasteiger partial charge in [-0.1, -0.05) is 41.9 Å². The molecular formula is C12H16BrNO2. The molecule has 1 aromatic carbocycles. The van der Waals surface area contributed by atoms with Crippen molar-refractivity contribution in [3.05, 3.63) is 39.9 Å². The first-order valence-corrected chi connectivity index (χ1v) is 6.29. The van der Waals surface area contributed by atoms with Crippen LogP contribution in [0.4, 0.5) is 5.69 Å². The molecule has 0 aliphatic heterocycles. The third-order valence-corrected chi connectivity index (χ3v) is 4.07. The van der Waals surface area contributed by atoms with Gasteiger partial charge >= 0.3 is 0 Å². The summed E-state index contributed by atoms with van der Waals surface area (Å²) in [5.41, 5.74) is 1.20. The maximum Gasteiger partial charge on any atom is 0.269 e. The van der Waals surface area contributed by atoms with E-state index < -0.39 is 0 Å². The summed E-state index contributed by atoms with van der Waals surface area (Å²) in [4.78, 5) is 10.7. The molecule has 0 spiro atoms. The van der Waals surface area contributed by atoms with Crippen molar-refractivity contribution in [2.24, 2.45) is 5.92 Å². The topological polar surface area (TPSA) is 43.1 Å². The molecule has 0 aliphatic rings. The van der Waals surface area contributed by atoms with Crippen LogP contribution in [0.3, 0.4) is 0 Å². The molecule has 1 unspecified atom stereocenters. The van der Waals surface area contributed by atoms with Gasteiger partial charge in [-0.05, 0) is 24.3 Å². The van der Waals surface area contributed by atoms with E-state index in [0.29, 0.717) is 10.7 Å². The van der Waals surface area contributed by atoms with Gasteiger partial charge in [0.15, 0.2) is 0 Å². The monoisotopic (exact) mass is 285 g/mol. The van der Waals surface area contributed by atoms with E-state index in [1.54, 1.807) is 12.1 Å². The zero-order chi connectivity index (χ0) is 12.1. The number of nitro benzene ring substituents is 1. The summed E-state index contributed by atoms with van der Waals surface area (Å²) in [5, 5.41) is 10.6. The number of aryl methyl sites for hydroxylation is 1. The summed E-state index contributed by atoms with van der Waals surface area (Å²) >= 11 is 3.61. The molecule has 0 aliphatic carbocycles. The van der Waals surface area contributed by atoms with Gasteiger partial charge in [-0.15, -0.1) is 0 Å². The van der Waals surface area contributed by atoms with Gasteiger partial charge in [-0.25, -0.2) is 0 Å². The lowest BCUT2D eigenvalue weighted by molar-refractivity contribution is -0.384. The molecule has 0 fully saturated rings. The number of non-ortho nitro benzene ring substituents is 1. The molecule has 0 saturated heterocycles. The first kappa shape index (κ1) is 13.2. The number of nitro groups is 1. The largest absolute Gasteiger partial charge is 0.269 e. The van der Waals surface area contributed by atoms with Crippen molar-refractivity contribution in [1.29, 1.82) is 0 Å². The number of hydrogen-bond acceptors (Lipinski definition) is 2. The van der Waals surface area contributed by atoms with Crippen molar-refractivity contribution >= 4 is 21.6 Å². The fraction of sp³-hybridized carbons (Fsp3) is 0.500. The second-order valence-electron chi connectivity index (χ2n) is 4.23. The van der Waals surface area contributed by atoms with Crippen LogP contribution in [0.15, 0.2) is 24.3 Å². The first-order valence-electron chi connectivity index (χ1n) is 5.38. The fourth-order valence-electron chi connectivity index (χ4n) is 1.46. The van der Waals surface area contributed by atoms with Gasteiger partial charge in [0.1, 0.15) is 0 Å². The predicted molar refractivity (Wildman–Crippen MR) is 69.0 cm³/mol. The molecule has 4 heteroatoms. The Balaban J connectivity index is 2.61. The van der Waals surface area contributed by atoms with Crippen molar-refractivity contribution in [3.63, 3.8) is 0 Å². The van der Waals surface area contributed by atoms with E-state index in [1.165, 1.54) is 6.07 Å². The highest BCUT2D eigenvalue weighted by Gasteiger charge is 2.10. The highest BCUT2D eigenvalue weighted by Crippen LogP contribution is 2.20. The second-order valence-corrected chi connectivity index (χ2v) is 5.40. The lowest BCUT2D eigenvalue weighted by Gasteiger charge is -2.12. The molecule has 0 heterocycles. The summed E-state index contributed by atoms with van der Waals surface area (Å²) < 4.78 is 0. The van der Waals surface area contributed by atoms with Crippen molar-refractivity contribution < 1.29 is 4.92 Å². The molecule has 0 saturated carbocycles. The average molecular weight is 286 g/mol. The van der Waals surface area contributed by atoms with Gasteiger partial charge in [0.2, 0.25) is 0 Å². The lowest BCUT2D eigenvalue weighted by Crippen LogP contribution is -2.08. The van der Waals surface area contributed by atoms with E-state index in [9.17, 15) is 10.1 Å². The Bertz CT molecular complexity index is 366. The Hall–Kier alpha value is -0.900. The van der Waals surface area contributed by atoms with Gasteiger partial charge in [0, 0.05) is 17.0 Å². The first-order chi connectivity index (χ1) is 7.50. The summed E-state index contributed by atoms with van der Waals surface area (Å²) in [6.07, 6.45) is 1.87. The lowest BCUT2D eigenvalue weighted by atomic mass is 10.0. The van der Waals surface area contributed by atoms with Crippen molar-refractivity contribution in [3.8, 4) is 0 Å². The average Bonchev–Trinajstić information content (AvgIpc) is 2.26. The van der Waals surface area contributed by atoms with Gasteiger partial charge in [0.25, 0.3) is 5.69 Å². The highest BCUT2D eigenvalue weighted by atomic mass is 79.9. The van der Waals surface area contributed by atoms with Crippen LogP contribution in [-0.4, -0.2) is 9.75 Å². The van der Waals surface area contributed by atoms with Crippen LogP contribution in [0.2, 0.25) is 0 Å². The van der Waals surface area contributed by atoms with Gasteiger partial charge in [0.05, 0.1) is 4.92 Å². The van der Waals surface area contributed by atoms with Crippen molar-refractivity contribution in [1.82, 2.24) is 0 Å². The number of alkyl halides is 1. The molecule has 16 heavy (non-hydrogen) atoms. The van der Waals surface area contributed by atoms with E-state index in [-0.39, 0.29) is 10.6 Å². The number of benzene rings is 1. The molecule has 0 aromatic heterocycles. The van der Waals surface area contributed by atoms with Crippen LogP contribution in [0, 0.1) is 16.0 Å². The van der Waals surface area contributed by atoms with Crippen LogP contribution in [0.25, 0.3) is 0 Å². The Morgan fingerprint density at radius 1 is 1.44 bits per heavy atom. The summed E-state index contributed by atoms with van der Waals surface area (Å²) in [6, 6.07) is 6.86. The molecule has 1 aromatic rings. The minimum Gasteiger partial charge on any atom is -0.258 e. The Kier molecular flexibility index (Phi) is 4.93. The summed E-state index contributed by atoms with van der Waals surface area (Å²) in [5.74, 6) is 0.582. The van der Waals surface area contributed by atoms with Crippen LogP contribution >= 0.6 is 15.9 Å². The highest BCUT2D eigenvalue weighted by molar-refractivity contribution is 9.09. The van der Waals surface area contributed by atoms with E-state index >= 15 is 0 Å². The Morgan fingerprint density at radius 3 is 2.69 bits per heavy atom. The van der Waals surface area contributed by atoms with Crippen LogP contribution < -0.4 is 0 Å². The van der Waals surface area contributed by atoms with Crippen LogP contribution in [-0.2, 0) is 6.42 Å². The Morgan fingerprint density at radius 2 is 2.12 bits per heavy atom. The molecule has 0 N–H and O–H groups in total. The molecule has 0 radical (unpaired) electrons. The van der Waals surface area contributed by atoms with E-state index in [1.807, 2.05) is 6.07 Å². The minimum absolute atomic E-state index is 0.174. The third kappa shape index (κ3) is 3.93. The van der Waals surface area contributed by atoms with Crippen LogP contribution in [0.5, 0.6) is 0 Å². The van der Waals surface area contributed by atoms with Crippen LogP contribution in [0.1, 0.15) is 25.8 Å². The SMILES string of the molecule is CC(C)C(Br)CCc1cccc([N+](=O)[O-])c1. The van der Waals surface area contributed by atoms with Gasteiger partial charge < -0.3 is 0 Å². The number of hydrogen-bond donors (Lipinski definition) is 0. The molecule has 1 atom stereocenters. The third-order valence-electron chi connectivity index (χ3n) is 2.55. The maximum atomic E-state index is 10.6. The maximum absolute atomic E-state index is 10.6. The molecule has 3 nitrogen and oxygen atoms in total. The molecule has 1 rings (SSSR count). The fourth-order valence-corrected chi connectivity index (χ4v) is 1.69. The van der Waals surface area contributed by atoms with Gasteiger partial charge in [-0.2, -0.15) is 0 Å². The molecule has 0 amide bonds. The number of halogens is 1. The zero-order valence-corrected chi connectivity index (χ0v) is 11.1. The second kappa shape index (κ2) is 5.99. The standard InChI is InChI=1S/C12H16BrNO2/c1-9(2)12(13)7-6-10-4-3-5-11(8-10)14(15)16/h3-5,8-9,12H,6-7H2,1-2H3. The number of nitrogens with zero attached hydrogens (tertiary/aromatic N) is 1. The predicted octanol–water partition coefficient (Wildman–Crippen LogP) is 3.95. The summed E-state index contributed by atoms with van der Waals surface area (Å²) in [7, 11) is 0. The van der Waals surface area contributed by atoms with Crippen molar-refractivity contribution in [2.75, 3.05) is 0 Å². The summed E-state index contributed by atoms with van der Waals surface area (Å²) in [6.45, 7) is 4.32. The number of rotatable bonds is 5. The van der Waals surface area contributed by atoms with E-state index in [0.717, 1.165) is 18.4 Å². The minimum atomic E-state index is -0.350.